The van der Waals surface area contributed by atoms with Gasteiger partial charge in [0.1, 0.15) is 5.75 Å². The molecule has 1 aliphatic heterocycles. The Balaban J connectivity index is 1.83. The Labute approximate surface area is 125 Å². The Morgan fingerprint density at radius 1 is 1.18 bits per heavy atom. The highest BCUT2D eigenvalue weighted by molar-refractivity contribution is 5.81. The summed E-state index contributed by atoms with van der Waals surface area (Å²) in [5.41, 5.74) is 2.62. The lowest BCUT2D eigenvalue weighted by molar-refractivity contribution is -0.384. The van der Waals surface area contributed by atoms with Crippen molar-refractivity contribution >= 4 is 16.6 Å². The first-order chi connectivity index (χ1) is 10.7. The summed E-state index contributed by atoms with van der Waals surface area (Å²) >= 11 is 0. The average molecular weight is 293 g/mol. The highest BCUT2D eigenvalue weighted by Crippen LogP contribution is 2.30. The molecule has 0 atom stereocenters. The van der Waals surface area contributed by atoms with Crippen LogP contribution in [0.25, 0.3) is 22.3 Å². The van der Waals surface area contributed by atoms with Crippen LogP contribution >= 0.6 is 0 Å². The van der Waals surface area contributed by atoms with Crippen LogP contribution in [0.3, 0.4) is 0 Å². The Kier molecular flexibility index (Phi) is 2.75. The zero-order valence-corrected chi connectivity index (χ0v) is 11.5. The summed E-state index contributed by atoms with van der Waals surface area (Å²) in [7, 11) is 0. The Morgan fingerprint density at radius 3 is 2.95 bits per heavy atom. The zero-order valence-electron chi connectivity index (χ0n) is 11.5. The van der Waals surface area contributed by atoms with E-state index in [0.29, 0.717) is 17.9 Å². The topological polar surface area (TPSA) is 78.2 Å². The molecule has 2 aromatic carbocycles. The van der Waals surface area contributed by atoms with Gasteiger partial charge in [-0.15, -0.1) is 0 Å². The average Bonchev–Trinajstić information content (AvgIpc) is 3.01. The number of non-ortho nitro benzene ring substituents is 1. The van der Waals surface area contributed by atoms with Gasteiger partial charge in [0.2, 0.25) is 0 Å². The van der Waals surface area contributed by atoms with Gasteiger partial charge in [-0.3, -0.25) is 10.1 Å². The number of benzene rings is 2. The van der Waals surface area contributed by atoms with Crippen molar-refractivity contribution in [1.29, 1.82) is 0 Å². The van der Waals surface area contributed by atoms with Gasteiger partial charge in [0, 0.05) is 35.7 Å². The number of aromatic nitrogens is 2. The van der Waals surface area contributed by atoms with Crippen LogP contribution in [0.2, 0.25) is 0 Å². The summed E-state index contributed by atoms with van der Waals surface area (Å²) < 4.78 is 5.49. The van der Waals surface area contributed by atoms with Crippen molar-refractivity contribution in [3.63, 3.8) is 0 Å². The number of hydrogen-bond donors (Lipinski definition) is 0. The molecule has 0 fully saturated rings. The van der Waals surface area contributed by atoms with Gasteiger partial charge in [-0.2, -0.15) is 0 Å². The zero-order chi connectivity index (χ0) is 15.1. The second-order valence-electron chi connectivity index (χ2n) is 5.11. The molecular weight excluding hydrogens is 282 g/mol. The van der Waals surface area contributed by atoms with Gasteiger partial charge in [-0.05, 0) is 29.8 Å². The molecule has 6 heteroatoms. The quantitative estimate of drug-likeness (QED) is 0.535. The molecule has 0 N–H and O–H groups in total. The van der Waals surface area contributed by atoms with E-state index >= 15 is 0 Å². The second-order valence-corrected chi connectivity index (χ2v) is 5.11. The molecule has 1 aromatic heterocycles. The van der Waals surface area contributed by atoms with Crippen molar-refractivity contribution in [2.45, 2.75) is 6.42 Å². The van der Waals surface area contributed by atoms with Gasteiger partial charge in [0.15, 0.2) is 5.82 Å². The minimum absolute atomic E-state index is 0.0273. The van der Waals surface area contributed by atoms with Gasteiger partial charge in [0.05, 0.1) is 17.0 Å². The Bertz CT molecular complexity index is 908. The predicted octanol–water partition coefficient (Wildman–Crippen LogP) is 3.14. The molecular formula is C16H11N3O3. The number of hydrogen-bond acceptors (Lipinski definition) is 5. The Hall–Kier alpha value is -3.02. The predicted molar refractivity (Wildman–Crippen MR) is 80.8 cm³/mol. The van der Waals surface area contributed by atoms with Crippen molar-refractivity contribution < 1.29 is 9.66 Å². The number of nitrogens with zero attached hydrogens (tertiary/aromatic N) is 3. The summed E-state index contributed by atoms with van der Waals surface area (Å²) in [6.45, 7) is 0.698. The van der Waals surface area contributed by atoms with E-state index in [1.807, 2.05) is 18.2 Å². The van der Waals surface area contributed by atoms with E-state index in [9.17, 15) is 10.1 Å². The maximum atomic E-state index is 10.9. The molecule has 0 saturated heterocycles. The third kappa shape index (κ3) is 2.05. The van der Waals surface area contributed by atoms with Gasteiger partial charge < -0.3 is 4.74 Å². The van der Waals surface area contributed by atoms with Crippen LogP contribution in [0.5, 0.6) is 5.75 Å². The molecule has 2 heterocycles. The summed E-state index contributed by atoms with van der Waals surface area (Å²) in [4.78, 5) is 19.3. The molecule has 0 radical (unpaired) electrons. The first kappa shape index (κ1) is 12.7. The van der Waals surface area contributed by atoms with E-state index in [0.717, 1.165) is 28.7 Å². The second kappa shape index (κ2) is 4.77. The number of nitro benzene ring substituents is 1. The van der Waals surface area contributed by atoms with E-state index in [4.69, 9.17) is 4.74 Å². The SMILES string of the molecule is O=[N+]([O-])c1ccc2cnc(-c3ccc4c(c3)CCO4)nc2c1. The molecule has 6 nitrogen and oxygen atoms in total. The summed E-state index contributed by atoms with van der Waals surface area (Å²) in [6.07, 6.45) is 2.56. The lowest BCUT2D eigenvalue weighted by atomic mass is 10.1. The molecule has 3 aromatic rings. The van der Waals surface area contributed by atoms with Crippen molar-refractivity contribution in [2.24, 2.45) is 0 Å². The molecule has 0 spiro atoms. The minimum Gasteiger partial charge on any atom is -0.493 e. The van der Waals surface area contributed by atoms with Crippen LogP contribution in [-0.2, 0) is 6.42 Å². The third-order valence-corrected chi connectivity index (χ3v) is 3.72. The molecule has 108 valence electrons. The number of nitro groups is 1. The minimum atomic E-state index is -0.423. The Morgan fingerprint density at radius 2 is 2.09 bits per heavy atom. The smallest absolute Gasteiger partial charge is 0.271 e. The van der Waals surface area contributed by atoms with Crippen molar-refractivity contribution in [1.82, 2.24) is 9.97 Å². The van der Waals surface area contributed by atoms with E-state index in [2.05, 4.69) is 9.97 Å². The maximum Gasteiger partial charge on any atom is 0.271 e. The summed E-state index contributed by atoms with van der Waals surface area (Å²) in [6, 6.07) is 10.4. The van der Waals surface area contributed by atoms with Gasteiger partial charge in [0.25, 0.3) is 5.69 Å². The van der Waals surface area contributed by atoms with Gasteiger partial charge in [-0.1, -0.05) is 0 Å². The first-order valence-electron chi connectivity index (χ1n) is 6.88. The molecule has 0 saturated carbocycles. The van der Waals surface area contributed by atoms with E-state index < -0.39 is 4.92 Å². The third-order valence-electron chi connectivity index (χ3n) is 3.72. The number of fused-ring (bicyclic) bond motifs is 2. The van der Waals surface area contributed by atoms with Gasteiger partial charge in [-0.25, -0.2) is 9.97 Å². The van der Waals surface area contributed by atoms with E-state index in [1.165, 1.54) is 12.1 Å². The lowest BCUT2D eigenvalue weighted by Crippen LogP contribution is -1.93. The van der Waals surface area contributed by atoms with Crippen molar-refractivity contribution in [3.8, 4) is 17.1 Å². The van der Waals surface area contributed by atoms with Crippen LogP contribution in [0.4, 0.5) is 5.69 Å². The molecule has 22 heavy (non-hydrogen) atoms. The van der Waals surface area contributed by atoms with Crippen LogP contribution in [-0.4, -0.2) is 21.5 Å². The van der Waals surface area contributed by atoms with Crippen LogP contribution < -0.4 is 4.74 Å². The van der Waals surface area contributed by atoms with Crippen LogP contribution in [0.15, 0.2) is 42.6 Å². The number of ether oxygens (including phenoxy) is 1. The maximum absolute atomic E-state index is 10.9. The van der Waals surface area contributed by atoms with Crippen LogP contribution in [0.1, 0.15) is 5.56 Å². The molecule has 1 aliphatic rings. The van der Waals surface area contributed by atoms with Crippen molar-refractivity contribution in [2.75, 3.05) is 6.61 Å². The fraction of sp³-hybridized carbons (Fsp3) is 0.125. The highest BCUT2D eigenvalue weighted by Gasteiger charge is 2.14. The lowest BCUT2D eigenvalue weighted by Gasteiger charge is -2.04. The standard InChI is InChI=1S/C16H11N3O3/c20-19(21)13-3-1-12-9-17-16(18-14(12)8-13)11-2-4-15-10(7-11)5-6-22-15/h1-4,7-9H,5-6H2. The largest absolute Gasteiger partial charge is 0.493 e. The van der Waals surface area contributed by atoms with Gasteiger partial charge >= 0.3 is 0 Å². The molecule has 0 aliphatic carbocycles. The van der Waals surface area contributed by atoms with E-state index in [-0.39, 0.29) is 5.69 Å². The molecule has 0 amide bonds. The fourth-order valence-electron chi connectivity index (χ4n) is 2.59. The summed E-state index contributed by atoms with van der Waals surface area (Å²) in [5, 5.41) is 11.7. The molecule has 4 rings (SSSR count). The number of rotatable bonds is 2. The fourth-order valence-corrected chi connectivity index (χ4v) is 2.59. The van der Waals surface area contributed by atoms with Crippen LogP contribution in [0, 0.1) is 10.1 Å². The van der Waals surface area contributed by atoms with Crippen molar-refractivity contribution in [3.05, 3.63) is 58.3 Å². The molecule has 0 bridgehead atoms. The monoisotopic (exact) mass is 293 g/mol. The molecule has 0 unspecified atom stereocenters. The highest BCUT2D eigenvalue weighted by atomic mass is 16.6. The summed E-state index contributed by atoms with van der Waals surface area (Å²) in [5.74, 6) is 1.46. The normalized spacial score (nSPS) is 12.9. The first-order valence-corrected chi connectivity index (χ1v) is 6.88. The van der Waals surface area contributed by atoms with E-state index in [1.54, 1.807) is 12.3 Å².